The Morgan fingerprint density at radius 1 is 1.00 bits per heavy atom. The van der Waals surface area contributed by atoms with Crippen LogP contribution in [0.1, 0.15) is 11.1 Å². The average Bonchev–Trinajstić information content (AvgIpc) is 2.81. The lowest BCUT2D eigenvalue weighted by atomic mass is 10.1. The monoisotopic (exact) mass is 470 g/mol. The van der Waals surface area contributed by atoms with Gasteiger partial charge in [0.2, 0.25) is 5.91 Å². The van der Waals surface area contributed by atoms with Crippen LogP contribution < -0.4 is 19.1 Å². The Kier molecular flexibility index (Phi) is 6.50. The molecule has 1 aliphatic heterocycles. The van der Waals surface area contributed by atoms with Gasteiger partial charge in [-0.05, 0) is 42.8 Å². The maximum Gasteiger partial charge on any atom is 0.264 e. The number of carbonyl (C=O) groups excluding carboxylic acids is 1. The van der Waals surface area contributed by atoms with Crippen molar-refractivity contribution in [3.8, 4) is 11.5 Å². The van der Waals surface area contributed by atoms with Gasteiger partial charge in [0, 0.05) is 12.6 Å². The fourth-order valence-electron chi connectivity index (χ4n) is 3.35. The van der Waals surface area contributed by atoms with Gasteiger partial charge in [0.15, 0.2) is 11.5 Å². The predicted octanol–water partition coefficient (Wildman–Crippen LogP) is 3.42. The van der Waals surface area contributed by atoms with E-state index in [1.165, 1.54) is 36.4 Å². The van der Waals surface area contributed by atoms with Crippen LogP contribution in [0.5, 0.6) is 11.5 Å². The van der Waals surface area contributed by atoms with Crippen LogP contribution in [-0.2, 0) is 21.4 Å². The number of halogens is 1. The minimum Gasteiger partial charge on any atom is -0.486 e. The Morgan fingerprint density at radius 2 is 1.73 bits per heavy atom. The third-order valence-corrected chi connectivity index (χ3v) is 6.87. The molecule has 1 aliphatic rings. The van der Waals surface area contributed by atoms with Gasteiger partial charge in [-0.1, -0.05) is 35.9 Å². The molecule has 0 radical (unpaired) electrons. The Labute approximate surface area is 191 Å². The quantitative estimate of drug-likeness (QED) is 0.572. The first-order valence-electron chi connectivity index (χ1n) is 10.3. The van der Waals surface area contributed by atoms with Gasteiger partial charge in [0.05, 0.1) is 10.6 Å². The van der Waals surface area contributed by atoms with Gasteiger partial charge in [-0.25, -0.2) is 12.8 Å². The van der Waals surface area contributed by atoms with Crippen LogP contribution in [0.15, 0.2) is 71.6 Å². The Bertz CT molecular complexity index is 1260. The molecule has 1 heterocycles. The number of sulfonamides is 1. The average molecular weight is 471 g/mol. The summed E-state index contributed by atoms with van der Waals surface area (Å²) in [5.74, 6) is -0.408. The highest BCUT2D eigenvalue weighted by atomic mass is 32.2. The standard InChI is InChI=1S/C24H23FN2O5S/c1-17-5-7-18(8-6-17)15-26-24(28)16-27(20-4-2-3-19(25)13-20)33(29,30)21-9-10-22-23(14-21)32-12-11-31-22/h2-10,13-14H,11-12,15-16H2,1H3,(H,26,28). The number of nitrogens with zero attached hydrogens (tertiary/aromatic N) is 1. The van der Waals surface area contributed by atoms with Crippen molar-refractivity contribution in [2.75, 3.05) is 24.1 Å². The van der Waals surface area contributed by atoms with E-state index in [1.807, 2.05) is 31.2 Å². The zero-order valence-electron chi connectivity index (χ0n) is 18.0. The van der Waals surface area contributed by atoms with Gasteiger partial charge < -0.3 is 14.8 Å². The number of nitrogens with one attached hydrogen (secondary N) is 1. The molecule has 172 valence electrons. The third-order valence-electron chi connectivity index (χ3n) is 5.10. The number of rotatable bonds is 7. The molecule has 1 N–H and O–H groups in total. The highest BCUT2D eigenvalue weighted by Gasteiger charge is 2.29. The zero-order chi connectivity index (χ0) is 23.4. The summed E-state index contributed by atoms with van der Waals surface area (Å²) in [5, 5.41) is 2.72. The van der Waals surface area contributed by atoms with Crippen molar-refractivity contribution in [1.82, 2.24) is 5.32 Å². The van der Waals surface area contributed by atoms with Gasteiger partial charge >= 0.3 is 0 Å². The molecule has 0 spiro atoms. The first kappa shape index (κ1) is 22.6. The highest BCUT2D eigenvalue weighted by Crippen LogP contribution is 2.34. The van der Waals surface area contributed by atoms with Crippen LogP contribution in [0.2, 0.25) is 0 Å². The summed E-state index contributed by atoms with van der Waals surface area (Å²) in [6, 6.07) is 16.9. The number of amides is 1. The molecule has 0 atom stereocenters. The van der Waals surface area contributed by atoms with Gasteiger partial charge in [0.25, 0.3) is 10.0 Å². The fourth-order valence-corrected chi connectivity index (χ4v) is 4.78. The predicted molar refractivity (Wildman–Crippen MR) is 121 cm³/mol. The second kappa shape index (κ2) is 9.50. The van der Waals surface area contributed by atoms with Crippen molar-refractivity contribution in [3.63, 3.8) is 0 Å². The molecule has 7 nitrogen and oxygen atoms in total. The number of anilines is 1. The number of aryl methyl sites for hydroxylation is 1. The van der Waals surface area contributed by atoms with E-state index in [0.29, 0.717) is 24.7 Å². The number of fused-ring (bicyclic) bond motifs is 1. The number of benzene rings is 3. The maximum atomic E-state index is 13.9. The molecule has 33 heavy (non-hydrogen) atoms. The van der Waals surface area contributed by atoms with Gasteiger partial charge in [-0.15, -0.1) is 0 Å². The summed E-state index contributed by atoms with van der Waals surface area (Å²) in [4.78, 5) is 12.6. The van der Waals surface area contributed by atoms with Crippen molar-refractivity contribution in [2.24, 2.45) is 0 Å². The molecule has 3 aromatic rings. The maximum absolute atomic E-state index is 13.9. The Morgan fingerprint density at radius 3 is 2.45 bits per heavy atom. The summed E-state index contributed by atoms with van der Waals surface area (Å²) in [6.45, 7) is 2.34. The number of hydrogen-bond donors (Lipinski definition) is 1. The highest BCUT2D eigenvalue weighted by molar-refractivity contribution is 7.92. The minimum absolute atomic E-state index is 0.0374. The molecule has 0 aromatic heterocycles. The SMILES string of the molecule is Cc1ccc(CNC(=O)CN(c2cccc(F)c2)S(=O)(=O)c2ccc3c(c2)OCCO3)cc1. The van der Waals surface area contributed by atoms with E-state index in [-0.39, 0.29) is 17.1 Å². The van der Waals surface area contributed by atoms with Gasteiger partial charge in [0.1, 0.15) is 25.6 Å². The molecule has 9 heteroatoms. The first-order valence-corrected chi connectivity index (χ1v) is 11.8. The molecule has 4 rings (SSSR count). The van der Waals surface area contributed by atoms with E-state index < -0.39 is 28.3 Å². The van der Waals surface area contributed by atoms with Crippen molar-refractivity contribution in [3.05, 3.63) is 83.7 Å². The molecule has 0 aliphatic carbocycles. The molecule has 0 fully saturated rings. The summed E-state index contributed by atoms with van der Waals surface area (Å²) in [6.07, 6.45) is 0. The molecule has 1 amide bonds. The summed E-state index contributed by atoms with van der Waals surface area (Å²) in [7, 11) is -4.22. The van der Waals surface area contributed by atoms with E-state index in [9.17, 15) is 17.6 Å². The molecular weight excluding hydrogens is 447 g/mol. The van der Waals surface area contributed by atoms with Crippen molar-refractivity contribution in [1.29, 1.82) is 0 Å². The number of hydrogen-bond acceptors (Lipinski definition) is 5. The molecule has 0 saturated heterocycles. The van der Waals surface area contributed by atoms with E-state index >= 15 is 0 Å². The molecule has 0 unspecified atom stereocenters. The van der Waals surface area contributed by atoms with Crippen LogP contribution in [-0.4, -0.2) is 34.1 Å². The third kappa shape index (κ3) is 5.25. The zero-order valence-corrected chi connectivity index (χ0v) is 18.8. The largest absolute Gasteiger partial charge is 0.486 e. The normalized spacial score (nSPS) is 12.8. The Hall–Kier alpha value is -3.59. The van der Waals surface area contributed by atoms with Crippen LogP contribution in [0.3, 0.4) is 0 Å². The van der Waals surface area contributed by atoms with E-state index in [4.69, 9.17) is 9.47 Å². The first-order chi connectivity index (χ1) is 15.8. The summed E-state index contributed by atoms with van der Waals surface area (Å²) in [5.41, 5.74) is 2.00. The lowest BCUT2D eigenvalue weighted by Gasteiger charge is -2.25. The summed E-state index contributed by atoms with van der Waals surface area (Å²) >= 11 is 0. The van der Waals surface area contributed by atoms with Crippen molar-refractivity contribution in [2.45, 2.75) is 18.4 Å². The van der Waals surface area contributed by atoms with E-state index in [2.05, 4.69) is 5.32 Å². The van der Waals surface area contributed by atoms with E-state index in [1.54, 1.807) is 0 Å². The van der Waals surface area contributed by atoms with Crippen molar-refractivity contribution < 1.29 is 27.1 Å². The minimum atomic E-state index is -4.22. The number of ether oxygens (including phenoxy) is 2. The van der Waals surface area contributed by atoms with Gasteiger partial charge in [-0.2, -0.15) is 0 Å². The van der Waals surface area contributed by atoms with Crippen LogP contribution >= 0.6 is 0 Å². The smallest absolute Gasteiger partial charge is 0.264 e. The topological polar surface area (TPSA) is 84.9 Å². The Balaban J connectivity index is 1.60. The molecular formula is C24H23FN2O5S. The van der Waals surface area contributed by atoms with Crippen LogP contribution in [0.4, 0.5) is 10.1 Å². The van der Waals surface area contributed by atoms with Crippen LogP contribution in [0.25, 0.3) is 0 Å². The summed E-state index contributed by atoms with van der Waals surface area (Å²) < 4.78 is 52.8. The van der Waals surface area contributed by atoms with Crippen molar-refractivity contribution >= 4 is 21.6 Å². The lowest BCUT2D eigenvalue weighted by molar-refractivity contribution is -0.119. The molecule has 0 saturated carbocycles. The molecule has 0 bridgehead atoms. The second-order valence-electron chi connectivity index (χ2n) is 7.56. The lowest BCUT2D eigenvalue weighted by Crippen LogP contribution is -2.40. The van der Waals surface area contributed by atoms with Crippen LogP contribution in [0, 0.1) is 12.7 Å². The fraction of sp³-hybridized carbons (Fsp3) is 0.208. The van der Waals surface area contributed by atoms with E-state index in [0.717, 1.165) is 21.5 Å². The number of carbonyl (C=O) groups is 1. The molecule has 3 aromatic carbocycles. The van der Waals surface area contributed by atoms with Gasteiger partial charge in [-0.3, -0.25) is 9.10 Å². The second-order valence-corrected chi connectivity index (χ2v) is 9.42.